The molecule has 4 bridgehead atoms. The first-order valence-electron chi connectivity index (χ1n) is 7.02. The quantitative estimate of drug-likeness (QED) is 0.700. The fourth-order valence-electron chi connectivity index (χ4n) is 3.84. The highest BCUT2D eigenvalue weighted by atomic mass is 16.7. The largest absolute Gasteiger partial charge is 0.353 e. The number of ketones is 1. The molecule has 5 atom stereocenters. The summed E-state index contributed by atoms with van der Waals surface area (Å²) in [5, 5.41) is 0. The molecule has 0 radical (unpaired) electrons. The molecule has 3 nitrogen and oxygen atoms in total. The normalized spacial score (nSPS) is 49.0. The summed E-state index contributed by atoms with van der Waals surface area (Å²) < 4.78 is 11.8. The fraction of sp³-hybridized carbons (Fsp3) is 0.667. The summed E-state index contributed by atoms with van der Waals surface area (Å²) in [6.07, 6.45) is 11.9. The maximum absolute atomic E-state index is 12.1. The Morgan fingerprint density at radius 2 is 1.78 bits per heavy atom. The van der Waals surface area contributed by atoms with Gasteiger partial charge in [-0.15, -0.1) is 0 Å². The Labute approximate surface area is 107 Å². The third-order valence-electron chi connectivity index (χ3n) is 4.77. The topological polar surface area (TPSA) is 35.5 Å². The summed E-state index contributed by atoms with van der Waals surface area (Å²) in [7, 11) is 0. The molecule has 0 aromatic heterocycles. The third-order valence-corrected chi connectivity index (χ3v) is 4.77. The van der Waals surface area contributed by atoms with Crippen molar-refractivity contribution in [2.24, 2.45) is 23.7 Å². The van der Waals surface area contributed by atoms with E-state index in [-0.39, 0.29) is 36.1 Å². The van der Waals surface area contributed by atoms with Crippen molar-refractivity contribution >= 4 is 5.78 Å². The average molecular weight is 246 g/mol. The van der Waals surface area contributed by atoms with Crippen LogP contribution in [0, 0.1) is 23.7 Å². The van der Waals surface area contributed by atoms with Crippen LogP contribution in [-0.2, 0) is 14.3 Å². The van der Waals surface area contributed by atoms with Crippen LogP contribution in [0.4, 0.5) is 0 Å². The van der Waals surface area contributed by atoms with Gasteiger partial charge in [0.25, 0.3) is 0 Å². The van der Waals surface area contributed by atoms with Gasteiger partial charge in [0.2, 0.25) is 0 Å². The lowest BCUT2D eigenvalue weighted by Gasteiger charge is -2.37. The van der Waals surface area contributed by atoms with Gasteiger partial charge in [-0.25, -0.2) is 0 Å². The van der Waals surface area contributed by atoms with Crippen molar-refractivity contribution in [2.75, 3.05) is 6.61 Å². The highest BCUT2D eigenvalue weighted by molar-refractivity contribution is 5.92. The van der Waals surface area contributed by atoms with Crippen molar-refractivity contribution < 1.29 is 14.3 Å². The predicted octanol–water partition coefficient (Wildman–Crippen LogP) is 2.09. The van der Waals surface area contributed by atoms with Crippen LogP contribution in [0.2, 0.25) is 0 Å². The minimum absolute atomic E-state index is 0.0543. The Balaban J connectivity index is 1.52. The molecule has 18 heavy (non-hydrogen) atoms. The molecule has 3 aliphatic carbocycles. The second kappa shape index (κ2) is 4.04. The molecule has 1 aliphatic heterocycles. The zero-order valence-corrected chi connectivity index (χ0v) is 10.3. The van der Waals surface area contributed by atoms with Crippen LogP contribution in [0.3, 0.4) is 0 Å². The lowest BCUT2D eigenvalue weighted by Crippen LogP contribution is -2.45. The van der Waals surface area contributed by atoms with Crippen molar-refractivity contribution in [1.82, 2.24) is 0 Å². The lowest BCUT2D eigenvalue weighted by atomic mass is 9.74. The zero-order chi connectivity index (χ0) is 12.1. The Morgan fingerprint density at radius 3 is 2.39 bits per heavy atom. The van der Waals surface area contributed by atoms with E-state index in [9.17, 15) is 4.79 Å². The van der Waals surface area contributed by atoms with Crippen molar-refractivity contribution in [2.45, 2.75) is 31.7 Å². The Kier molecular flexibility index (Phi) is 2.45. The Bertz CT molecular complexity index is 393. The van der Waals surface area contributed by atoms with Crippen molar-refractivity contribution in [3.63, 3.8) is 0 Å². The minimum Gasteiger partial charge on any atom is -0.353 e. The van der Waals surface area contributed by atoms with Crippen LogP contribution in [-0.4, -0.2) is 24.8 Å². The van der Waals surface area contributed by atoms with E-state index in [0.717, 1.165) is 19.4 Å². The van der Waals surface area contributed by atoms with Gasteiger partial charge in [0.05, 0.1) is 6.10 Å². The van der Waals surface area contributed by atoms with E-state index < -0.39 is 0 Å². The number of carbonyl (C=O) groups is 1. The number of hydrogen-bond donors (Lipinski definition) is 0. The van der Waals surface area contributed by atoms with E-state index in [2.05, 4.69) is 24.3 Å². The van der Waals surface area contributed by atoms with Gasteiger partial charge in [0, 0.05) is 30.3 Å². The molecule has 0 N–H and O–H groups in total. The van der Waals surface area contributed by atoms with E-state index in [1.54, 1.807) is 0 Å². The van der Waals surface area contributed by atoms with Crippen LogP contribution in [0.15, 0.2) is 24.3 Å². The molecule has 1 saturated heterocycles. The van der Waals surface area contributed by atoms with Crippen LogP contribution < -0.4 is 0 Å². The first-order valence-corrected chi connectivity index (χ1v) is 7.02. The molecular weight excluding hydrogens is 228 g/mol. The molecule has 4 aliphatic rings. The lowest BCUT2D eigenvalue weighted by molar-refractivity contribution is -0.209. The van der Waals surface area contributed by atoms with E-state index >= 15 is 0 Å². The molecule has 1 saturated carbocycles. The van der Waals surface area contributed by atoms with Crippen LogP contribution in [0.1, 0.15) is 19.3 Å². The van der Waals surface area contributed by atoms with Gasteiger partial charge in [-0.1, -0.05) is 24.3 Å². The third kappa shape index (κ3) is 1.47. The molecule has 2 fully saturated rings. The van der Waals surface area contributed by atoms with Gasteiger partial charge in [-0.3, -0.25) is 4.79 Å². The number of ether oxygens (including phenoxy) is 2. The molecule has 0 aromatic rings. The van der Waals surface area contributed by atoms with Gasteiger partial charge < -0.3 is 9.47 Å². The molecule has 3 heteroatoms. The zero-order valence-electron chi connectivity index (χ0n) is 10.3. The molecule has 4 rings (SSSR count). The highest BCUT2D eigenvalue weighted by Crippen LogP contribution is 2.49. The van der Waals surface area contributed by atoms with Gasteiger partial charge >= 0.3 is 0 Å². The molecule has 0 aromatic carbocycles. The van der Waals surface area contributed by atoms with Crippen LogP contribution >= 0.6 is 0 Å². The smallest absolute Gasteiger partial charge is 0.158 e. The molecule has 1 heterocycles. The highest BCUT2D eigenvalue weighted by Gasteiger charge is 2.53. The predicted molar refractivity (Wildman–Crippen MR) is 65.7 cm³/mol. The van der Waals surface area contributed by atoms with Gasteiger partial charge in [-0.05, 0) is 19.3 Å². The van der Waals surface area contributed by atoms with Crippen molar-refractivity contribution in [1.29, 1.82) is 0 Å². The van der Waals surface area contributed by atoms with Crippen LogP contribution in [0.5, 0.6) is 0 Å². The number of allylic oxidation sites excluding steroid dienone is 2. The summed E-state index contributed by atoms with van der Waals surface area (Å²) in [5.74, 6) is 0.975. The summed E-state index contributed by atoms with van der Waals surface area (Å²) in [5.41, 5.74) is 0. The van der Waals surface area contributed by atoms with E-state index in [1.807, 2.05) is 0 Å². The fourth-order valence-corrected chi connectivity index (χ4v) is 3.84. The van der Waals surface area contributed by atoms with E-state index in [4.69, 9.17) is 9.47 Å². The number of carbonyl (C=O) groups excluding carboxylic acids is 1. The van der Waals surface area contributed by atoms with Crippen molar-refractivity contribution in [3.8, 4) is 0 Å². The average Bonchev–Trinajstić information content (AvgIpc) is 2.83. The standard InChI is InChI=1S/C15H18O3/c16-14-9-4-5-10(14)12-7-6-11(9)15(12)18-13-3-1-2-8-17-13/h4-7,9-13,15H,1-3,8H2. The number of fused-ring (bicyclic) bond motifs is 6. The molecule has 96 valence electrons. The summed E-state index contributed by atoms with van der Waals surface area (Å²) in [6.45, 7) is 0.810. The second-order valence-corrected chi connectivity index (χ2v) is 5.78. The van der Waals surface area contributed by atoms with Gasteiger partial charge in [0.15, 0.2) is 6.29 Å². The number of Topliss-reactive ketones (excluding diaryl/α,β-unsaturated/α-hetero) is 1. The number of rotatable bonds is 2. The SMILES string of the molecule is O=C1C2C=CC1C1C=CC2C1OC1CCCCO1. The summed E-state index contributed by atoms with van der Waals surface area (Å²) in [6, 6.07) is 0. The van der Waals surface area contributed by atoms with Gasteiger partial charge in [-0.2, -0.15) is 0 Å². The monoisotopic (exact) mass is 246 g/mol. The van der Waals surface area contributed by atoms with Crippen molar-refractivity contribution in [3.05, 3.63) is 24.3 Å². The summed E-state index contributed by atoms with van der Waals surface area (Å²) in [4.78, 5) is 12.1. The van der Waals surface area contributed by atoms with E-state index in [1.165, 1.54) is 6.42 Å². The molecule has 0 amide bonds. The molecule has 0 spiro atoms. The first-order chi connectivity index (χ1) is 8.84. The second-order valence-electron chi connectivity index (χ2n) is 5.78. The first kappa shape index (κ1) is 10.9. The molecular formula is C15H18O3. The van der Waals surface area contributed by atoms with Gasteiger partial charge in [0.1, 0.15) is 5.78 Å². The Hall–Kier alpha value is -0.930. The summed E-state index contributed by atoms with van der Waals surface area (Å²) >= 11 is 0. The van der Waals surface area contributed by atoms with Crippen LogP contribution in [0.25, 0.3) is 0 Å². The molecule has 5 unspecified atom stereocenters. The van der Waals surface area contributed by atoms with E-state index in [0.29, 0.717) is 5.78 Å². The number of hydrogen-bond acceptors (Lipinski definition) is 3. The Morgan fingerprint density at radius 1 is 1.06 bits per heavy atom. The minimum atomic E-state index is -0.0544. The maximum Gasteiger partial charge on any atom is 0.158 e. The maximum atomic E-state index is 12.1.